The molecule has 0 saturated carbocycles. The first-order chi connectivity index (χ1) is 9.04. The standard InChI is InChI=1S/C14H18ClFN2O/c1-9-3-2-4-11(8-17)18(9)14(19)12-6-5-10(16)7-13(12)15/h5-7,9,11H,2-4,8,17H2,1H3. The molecule has 0 spiro atoms. The molecule has 1 aromatic carbocycles. The molecule has 1 amide bonds. The van der Waals surface area contributed by atoms with Crippen molar-refractivity contribution in [2.75, 3.05) is 6.54 Å². The smallest absolute Gasteiger partial charge is 0.255 e. The lowest BCUT2D eigenvalue weighted by Gasteiger charge is -2.40. The van der Waals surface area contributed by atoms with Gasteiger partial charge < -0.3 is 10.6 Å². The largest absolute Gasteiger partial charge is 0.332 e. The maximum Gasteiger partial charge on any atom is 0.255 e. The Hall–Kier alpha value is -1.13. The maximum absolute atomic E-state index is 13.0. The zero-order valence-electron chi connectivity index (χ0n) is 10.9. The number of carbonyl (C=O) groups is 1. The lowest BCUT2D eigenvalue weighted by atomic mass is 9.95. The maximum atomic E-state index is 13.0. The van der Waals surface area contributed by atoms with E-state index >= 15 is 0 Å². The molecule has 104 valence electrons. The Morgan fingerprint density at radius 1 is 1.53 bits per heavy atom. The van der Waals surface area contributed by atoms with Crippen LogP contribution in [-0.4, -0.2) is 29.4 Å². The van der Waals surface area contributed by atoms with E-state index in [4.69, 9.17) is 17.3 Å². The average molecular weight is 285 g/mol. The van der Waals surface area contributed by atoms with E-state index in [1.165, 1.54) is 18.2 Å². The molecule has 5 heteroatoms. The summed E-state index contributed by atoms with van der Waals surface area (Å²) in [5.74, 6) is -0.601. The summed E-state index contributed by atoms with van der Waals surface area (Å²) >= 11 is 5.96. The van der Waals surface area contributed by atoms with Gasteiger partial charge in [0.25, 0.3) is 5.91 Å². The van der Waals surface area contributed by atoms with E-state index in [1.807, 2.05) is 6.92 Å². The third kappa shape index (κ3) is 2.90. The van der Waals surface area contributed by atoms with Crippen LogP contribution < -0.4 is 5.73 Å². The summed E-state index contributed by atoms with van der Waals surface area (Å²) in [5, 5.41) is 0.151. The summed E-state index contributed by atoms with van der Waals surface area (Å²) in [6, 6.07) is 4.04. The van der Waals surface area contributed by atoms with Gasteiger partial charge in [-0.1, -0.05) is 11.6 Å². The number of nitrogens with two attached hydrogens (primary N) is 1. The molecule has 1 aromatic rings. The molecule has 0 radical (unpaired) electrons. The number of likely N-dealkylation sites (tertiary alicyclic amines) is 1. The van der Waals surface area contributed by atoms with Crippen molar-refractivity contribution >= 4 is 17.5 Å². The first kappa shape index (κ1) is 14.3. The van der Waals surface area contributed by atoms with Crippen molar-refractivity contribution in [3.05, 3.63) is 34.6 Å². The summed E-state index contributed by atoms with van der Waals surface area (Å²) in [6.07, 6.45) is 2.94. The number of rotatable bonds is 2. The zero-order chi connectivity index (χ0) is 14.0. The molecule has 1 heterocycles. The van der Waals surface area contributed by atoms with Gasteiger partial charge in [-0.3, -0.25) is 4.79 Å². The van der Waals surface area contributed by atoms with Crippen molar-refractivity contribution in [1.29, 1.82) is 0 Å². The topological polar surface area (TPSA) is 46.3 Å². The van der Waals surface area contributed by atoms with Gasteiger partial charge in [-0.2, -0.15) is 0 Å². The van der Waals surface area contributed by atoms with E-state index in [0.29, 0.717) is 12.1 Å². The van der Waals surface area contributed by atoms with Crippen LogP contribution in [0.1, 0.15) is 36.5 Å². The van der Waals surface area contributed by atoms with Gasteiger partial charge in [0, 0.05) is 18.6 Å². The quantitative estimate of drug-likeness (QED) is 0.908. The van der Waals surface area contributed by atoms with Crippen molar-refractivity contribution in [1.82, 2.24) is 4.90 Å². The predicted molar refractivity (Wildman–Crippen MR) is 73.7 cm³/mol. The van der Waals surface area contributed by atoms with Crippen LogP contribution in [0, 0.1) is 5.82 Å². The molecular formula is C14H18ClFN2O. The van der Waals surface area contributed by atoms with Crippen LogP contribution in [0.4, 0.5) is 4.39 Å². The monoisotopic (exact) mass is 284 g/mol. The Balaban J connectivity index is 2.30. The van der Waals surface area contributed by atoms with E-state index in [1.54, 1.807) is 4.90 Å². The van der Waals surface area contributed by atoms with Crippen molar-refractivity contribution in [2.45, 2.75) is 38.3 Å². The van der Waals surface area contributed by atoms with Gasteiger partial charge in [-0.05, 0) is 44.4 Å². The van der Waals surface area contributed by atoms with Crippen LogP contribution in [-0.2, 0) is 0 Å². The zero-order valence-corrected chi connectivity index (χ0v) is 11.7. The van der Waals surface area contributed by atoms with E-state index in [9.17, 15) is 9.18 Å². The lowest BCUT2D eigenvalue weighted by molar-refractivity contribution is 0.0494. The van der Waals surface area contributed by atoms with Crippen molar-refractivity contribution in [3.63, 3.8) is 0 Å². The van der Waals surface area contributed by atoms with Gasteiger partial charge in [-0.15, -0.1) is 0 Å². The molecular weight excluding hydrogens is 267 g/mol. The van der Waals surface area contributed by atoms with Crippen LogP contribution in [0.15, 0.2) is 18.2 Å². The van der Waals surface area contributed by atoms with E-state index in [2.05, 4.69) is 0 Å². The Morgan fingerprint density at radius 2 is 2.26 bits per heavy atom. The molecule has 2 atom stereocenters. The number of halogens is 2. The van der Waals surface area contributed by atoms with E-state index in [-0.39, 0.29) is 23.0 Å². The fourth-order valence-electron chi connectivity index (χ4n) is 2.69. The van der Waals surface area contributed by atoms with Crippen molar-refractivity contribution < 1.29 is 9.18 Å². The number of piperidine rings is 1. The van der Waals surface area contributed by atoms with Crippen LogP contribution in [0.3, 0.4) is 0 Å². The second-order valence-corrected chi connectivity index (χ2v) is 5.41. The summed E-state index contributed by atoms with van der Waals surface area (Å²) in [5.41, 5.74) is 6.09. The van der Waals surface area contributed by atoms with Gasteiger partial charge >= 0.3 is 0 Å². The molecule has 2 N–H and O–H groups in total. The minimum Gasteiger partial charge on any atom is -0.332 e. The van der Waals surface area contributed by atoms with Gasteiger partial charge in [0.2, 0.25) is 0 Å². The molecule has 1 fully saturated rings. The number of carbonyl (C=O) groups excluding carboxylic acids is 1. The van der Waals surface area contributed by atoms with Crippen LogP contribution >= 0.6 is 11.6 Å². The molecule has 3 nitrogen and oxygen atoms in total. The molecule has 0 bridgehead atoms. The van der Waals surface area contributed by atoms with Gasteiger partial charge in [-0.25, -0.2) is 4.39 Å². The number of hydrogen-bond acceptors (Lipinski definition) is 2. The van der Waals surface area contributed by atoms with Crippen LogP contribution in [0.2, 0.25) is 5.02 Å². The second-order valence-electron chi connectivity index (χ2n) is 5.01. The lowest BCUT2D eigenvalue weighted by Crippen LogP contribution is -2.51. The second kappa shape index (κ2) is 5.88. The highest BCUT2D eigenvalue weighted by molar-refractivity contribution is 6.33. The summed E-state index contributed by atoms with van der Waals surface area (Å²) in [6.45, 7) is 2.45. The van der Waals surface area contributed by atoms with Gasteiger partial charge in [0.05, 0.1) is 10.6 Å². The Morgan fingerprint density at radius 3 is 2.89 bits per heavy atom. The molecule has 1 saturated heterocycles. The summed E-state index contributed by atoms with van der Waals surface area (Å²) in [7, 11) is 0. The van der Waals surface area contributed by atoms with Gasteiger partial charge in [0.1, 0.15) is 5.82 Å². The van der Waals surface area contributed by atoms with E-state index < -0.39 is 5.82 Å². The van der Waals surface area contributed by atoms with Gasteiger partial charge in [0.15, 0.2) is 0 Å². The molecule has 19 heavy (non-hydrogen) atoms. The average Bonchev–Trinajstić information content (AvgIpc) is 2.37. The minimum atomic E-state index is -0.441. The normalized spacial score (nSPS) is 23.5. The summed E-state index contributed by atoms with van der Waals surface area (Å²) in [4.78, 5) is 14.4. The third-order valence-electron chi connectivity index (χ3n) is 3.70. The Bertz CT molecular complexity index is 481. The highest BCUT2D eigenvalue weighted by atomic mass is 35.5. The molecule has 1 aliphatic heterocycles. The SMILES string of the molecule is CC1CCCC(CN)N1C(=O)c1ccc(F)cc1Cl. The molecule has 2 rings (SSSR count). The first-order valence-electron chi connectivity index (χ1n) is 6.52. The number of hydrogen-bond donors (Lipinski definition) is 1. The van der Waals surface area contributed by atoms with Crippen LogP contribution in [0.5, 0.6) is 0 Å². The first-order valence-corrected chi connectivity index (χ1v) is 6.90. The van der Waals surface area contributed by atoms with Crippen molar-refractivity contribution in [3.8, 4) is 0 Å². The minimum absolute atomic E-state index is 0.0392. The highest BCUT2D eigenvalue weighted by Gasteiger charge is 2.32. The Labute approximate surface area is 117 Å². The molecule has 0 aromatic heterocycles. The fourth-order valence-corrected chi connectivity index (χ4v) is 2.93. The fraction of sp³-hybridized carbons (Fsp3) is 0.500. The molecule has 1 aliphatic rings. The molecule has 0 aliphatic carbocycles. The van der Waals surface area contributed by atoms with Crippen molar-refractivity contribution in [2.24, 2.45) is 5.73 Å². The number of amides is 1. The number of nitrogens with zero attached hydrogens (tertiary/aromatic N) is 1. The summed E-state index contributed by atoms with van der Waals surface area (Å²) < 4.78 is 13.0. The van der Waals surface area contributed by atoms with Crippen LogP contribution in [0.25, 0.3) is 0 Å². The predicted octanol–water partition coefficient (Wildman–Crippen LogP) is 2.82. The highest BCUT2D eigenvalue weighted by Crippen LogP contribution is 2.27. The number of benzene rings is 1. The Kier molecular flexibility index (Phi) is 4.42. The third-order valence-corrected chi connectivity index (χ3v) is 4.01. The van der Waals surface area contributed by atoms with E-state index in [0.717, 1.165) is 19.3 Å². The molecule has 2 unspecified atom stereocenters.